The van der Waals surface area contributed by atoms with Gasteiger partial charge < -0.3 is 4.90 Å². The van der Waals surface area contributed by atoms with E-state index in [1.807, 2.05) is 0 Å². The molecule has 1 aromatic carbocycles. The minimum absolute atomic E-state index is 1.19. The highest BCUT2D eigenvalue weighted by molar-refractivity contribution is 5.50. The van der Waals surface area contributed by atoms with Gasteiger partial charge in [0.25, 0.3) is 0 Å². The van der Waals surface area contributed by atoms with E-state index in [1.54, 1.807) is 0 Å². The van der Waals surface area contributed by atoms with Gasteiger partial charge in [0.05, 0.1) is 0 Å². The number of unbranched alkanes of at least 4 members (excludes halogenated alkanes) is 2. The van der Waals surface area contributed by atoms with Crippen molar-refractivity contribution in [3.05, 3.63) is 29.3 Å². The molecule has 0 bridgehead atoms. The topological polar surface area (TPSA) is 3.24 Å². The SMILES string of the molecule is CCCCN(CCCC)c1cc(C)cc(C)c1. The van der Waals surface area contributed by atoms with Gasteiger partial charge in [0.1, 0.15) is 0 Å². The number of aryl methyl sites for hydroxylation is 2. The fourth-order valence-corrected chi connectivity index (χ4v) is 2.20. The summed E-state index contributed by atoms with van der Waals surface area (Å²) in [4.78, 5) is 2.55. The summed E-state index contributed by atoms with van der Waals surface area (Å²) >= 11 is 0. The molecule has 0 fully saturated rings. The fraction of sp³-hybridized carbons (Fsp3) is 0.625. The lowest BCUT2D eigenvalue weighted by Crippen LogP contribution is -2.25. The average Bonchev–Trinajstić information content (AvgIpc) is 2.28. The van der Waals surface area contributed by atoms with Crippen LogP contribution in [0.25, 0.3) is 0 Å². The van der Waals surface area contributed by atoms with Crippen molar-refractivity contribution in [1.29, 1.82) is 0 Å². The van der Waals surface area contributed by atoms with Gasteiger partial charge >= 0.3 is 0 Å². The molecule has 0 aliphatic rings. The Labute approximate surface area is 107 Å². The normalized spacial score (nSPS) is 10.6. The molecule has 0 spiro atoms. The maximum absolute atomic E-state index is 2.55. The van der Waals surface area contributed by atoms with E-state index in [2.05, 4.69) is 50.8 Å². The summed E-state index contributed by atoms with van der Waals surface area (Å²) in [5, 5.41) is 0. The Kier molecular flexibility index (Phi) is 6.10. The molecule has 1 nitrogen and oxygen atoms in total. The first kappa shape index (κ1) is 14.1. The fourth-order valence-electron chi connectivity index (χ4n) is 2.20. The van der Waals surface area contributed by atoms with Crippen LogP contribution in [-0.4, -0.2) is 13.1 Å². The van der Waals surface area contributed by atoms with E-state index in [0.29, 0.717) is 0 Å². The Bertz CT molecular complexity index is 302. The number of nitrogens with zero attached hydrogens (tertiary/aromatic N) is 1. The molecule has 0 N–H and O–H groups in total. The molecule has 1 heteroatoms. The monoisotopic (exact) mass is 233 g/mol. The van der Waals surface area contributed by atoms with Crippen LogP contribution in [0.2, 0.25) is 0 Å². The molecule has 96 valence electrons. The third-order valence-electron chi connectivity index (χ3n) is 3.13. The first-order valence-electron chi connectivity index (χ1n) is 7.00. The Morgan fingerprint density at radius 3 is 1.71 bits per heavy atom. The van der Waals surface area contributed by atoms with Crippen LogP contribution in [0, 0.1) is 13.8 Å². The van der Waals surface area contributed by atoms with E-state index in [9.17, 15) is 0 Å². The molecule has 0 saturated heterocycles. The average molecular weight is 233 g/mol. The highest BCUT2D eigenvalue weighted by atomic mass is 15.1. The van der Waals surface area contributed by atoms with Crippen molar-refractivity contribution >= 4 is 5.69 Å². The Hall–Kier alpha value is -0.980. The standard InChI is InChI=1S/C16H27N/c1-5-7-9-17(10-8-6-2)16-12-14(3)11-15(4)13-16/h11-13H,5-10H2,1-4H3. The number of hydrogen-bond donors (Lipinski definition) is 0. The highest BCUT2D eigenvalue weighted by Gasteiger charge is 2.06. The van der Waals surface area contributed by atoms with Gasteiger partial charge in [-0.1, -0.05) is 32.8 Å². The molecule has 0 atom stereocenters. The Morgan fingerprint density at radius 1 is 0.824 bits per heavy atom. The maximum Gasteiger partial charge on any atom is 0.0371 e. The van der Waals surface area contributed by atoms with Gasteiger partial charge in [-0.15, -0.1) is 0 Å². The second-order valence-corrected chi connectivity index (χ2v) is 5.04. The lowest BCUT2D eigenvalue weighted by molar-refractivity contribution is 0.677. The molecular weight excluding hydrogens is 206 g/mol. The molecule has 1 aromatic rings. The first-order chi connectivity index (χ1) is 8.17. The summed E-state index contributed by atoms with van der Waals surface area (Å²) in [6.45, 7) is 11.3. The van der Waals surface area contributed by atoms with Crippen LogP contribution < -0.4 is 4.90 Å². The van der Waals surface area contributed by atoms with Crippen molar-refractivity contribution in [3.63, 3.8) is 0 Å². The molecule has 0 heterocycles. The molecule has 0 amide bonds. The van der Waals surface area contributed by atoms with Crippen molar-refractivity contribution < 1.29 is 0 Å². The van der Waals surface area contributed by atoms with Crippen molar-refractivity contribution in [2.75, 3.05) is 18.0 Å². The van der Waals surface area contributed by atoms with Crippen LogP contribution in [0.15, 0.2) is 18.2 Å². The number of hydrogen-bond acceptors (Lipinski definition) is 1. The molecule has 17 heavy (non-hydrogen) atoms. The van der Waals surface area contributed by atoms with Crippen LogP contribution in [0.1, 0.15) is 50.7 Å². The molecule has 1 rings (SSSR count). The minimum atomic E-state index is 1.19. The maximum atomic E-state index is 2.55. The minimum Gasteiger partial charge on any atom is -0.372 e. The second kappa shape index (κ2) is 7.37. The van der Waals surface area contributed by atoms with E-state index in [4.69, 9.17) is 0 Å². The van der Waals surface area contributed by atoms with Crippen molar-refractivity contribution in [2.45, 2.75) is 53.4 Å². The van der Waals surface area contributed by atoms with E-state index in [1.165, 1.54) is 55.6 Å². The zero-order valence-corrected chi connectivity index (χ0v) is 11.9. The molecule has 0 aliphatic carbocycles. The van der Waals surface area contributed by atoms with Gasteiger partial charge in [-0.2, -0.15) is 0 Å². The van der Waals surface area contributed by atoms with Crippen LogP contribution in [-0.2, 0) is 0 Å². The smallest absolute Gasteiger partial charge is 0.0371 e. The highest BCUT2D eigenvalue weighted by Crippen LogP contribution is 2.19. The van der Waals surface area contributed by atoms with Crippen LogP contribution >= 0.6 is 0 Å². The van der Waals surface area contributed by atoms with Gasteiger partial charge in [0, 0.05) is 18.8 Å². The second-order valence-electron chi connectivity index (χ2n) is 5.04. The zero-order valence-electron chi connectivity index (χ0n) is 11.9. The van der Waals surface area contributed by atoms with E-state index >= 15 is 0 Å². The summed E-state index contributed by atoms with van der Waals surface area (Å²) in [5.41, 5.74) is 4.15. The van der Waals surface area contributed by atoms with Gasteiger partial charge in [-0.05, 0) is 49.9 Å². The third-order valence-corrected chi connectivity index (χ3v) is 3.13. The predicted octanol–water partition coefficient (Wildman–Crippen LogP) is 4.71. The lowest BCUT2D eigenvalue weighted by Gasteiger charge is -2.25. The van der Waals surface area contributed by atoms with Crippen molar-refractivity contribution in [2.24, 2.45) is 0 Å². The summed E-state index contributed by atoms with van der Waals surface area (Å²) in [7, 11) is 0. The Balaban J connectivity index is 2.78. The Morgan fingerprint density at radius 2 is 1.29 bits per heavy atom. The van der Waals surface area contributed by atoms with Gasteiger partial charge in [-0.25, -0.2) is 0 Å². The largest absolute Gasteiger partial charge is 0.372 e. The van der Waals surface area contributed by atoms with Crippen LogP contribution in [0.5, 0.6) is 0 Å². The lowest BCUT2D eigenvalue weighted by atomic mass is 10.1. The number of anilines is 1. The summed E-state index contributed by atoms with van der Waals surface area (Å²) < 4.78 is 0. The molecule has 0 aromatic heterocycles. The zero-order chi connectivity index (χ0) is 12.7. The summed E-state index contributed by atoms with van der Waals surface area (Å²) in [6.07, 6.45) is 5.12. The summed E-state index contributed by atoms with van der Waals surface area (Å²) in [5.74, 6) is 0. The molecule has 0 aliphatic heterocycles. The van der Waals surface area contributed by atoms with Crippen LogP contribution in [0.4, 0.5) is 5.69 Å². The third kappa shape index (κ3) is 4.80. The van der Waals surface area contributed by atoms with E-state index < -0.39 is 0 Å². The summed E-state index contributed by atoms with van der Waals surface area (Å²) in [6, 6.07) is 6.89. The van der Waals surface area contributed by atoms with Gasteiger partial charge in [0.2, 0.25) is 0 Å². The van der Waals surface area contributed by atoms with Crippen molar-refractivity contribution in [3.8, 4) is 0 Å². The predicted molar refractivity (Wildman–Crippen MR) is 77.9 cm³/mol. The number of rotatable bonds is 7. The van der Waals surface area contributed by atoms with Gasteiger partial charge in [0.15, 0.2) is 0 Å². The molecule has 0 saturated carbocycles. The number of benzene rings is 1. The first-order valence-corrected chi connectivity index (χ1v) is 7.00. The van der Waals surface area contributed by atoms with Crippen molar-refractivity contribution in [1.82, 2.24) is 0 Å². The van der Waals surface area contributed by atoms with Gasteiger partial charge in [-0.3, -0.25) is 0 Å². The molecule has 0 unspecified atom stereocenters. The van der Waals surface area contributed by atoms with E-state index in [0.717, 1.165) is 0 Å². The van der Waals surface area contributed by atoms with E-state index in [-0.39, 0.29) is 0 Å². The molecule has 0 radical (unpaired) electrons. The van der Waals surface area contributed by atoms with Crippen LogP contribution in [0.3, 0.4) is 0 Å². The quantitative estimate of drug-likeness (QED) is 0.659. The molecular formula is C16H27N.